The van der Waals surface area contributed by atoms with E-state index in [-0.39, 0.29) is 68.0 Å². The lowest BCUT2D eigenvalue weighted by atomic mass is 9.95. The summed E-state index contributed by atoms with van der Waals surface area (Å²) in [4.78, 5) is 79.0. The van der Waals surface area contributed by atoms with E-state index in [2.05, 4.69) is 53.9 Å². The molecule has 15 nitrogen and oxygen atoms in total. The lowest BCUT2D eigenvalue weighted by molar-refractivity contribution is -0.140. The second-order valence-corrected chi connectivity index (χ2v) is 24.3. The number of ether oxygens (including phenoxy) is 2. The minimum atomic E-state index is -1.04. The Bertz CT molecular complexity index is 3070. The van der Waals surface area contributed by atoms with Crippen molar-refractivity contribution in [1.82, 2.24) is 29.8 Å². The van der Waals surface area contributed by atoms with Crippen LogP contribution in [0.1, 0.15) is 82.3 Å². The molecule has 416 valence electrons. The number of hydrogen-bond donors (Lipinski definition) is 2. The number of nitrogens with one attached hydrogen (secondary N) is 1. The molecule has 2 unspecified atom stereocenters. The molecule has 0 radical (unpaired) electrons. The third-order valence-electron chi connectivity index (χ3n) is 14.1. The fourth-order valence-corrected chi connectivity index (χ4v) is 13.3. The lowest BCUT2D eigenvalue weighted by Gasteiger charge is -2.29. The summed E-state index contributed by atoms with van der Waals surface area (Å²) in [6, 6.07) is 23.3. The number of hydrogen-bond acceptors (Lipinski definition) is 13. The van der Waals surface area contributed by atoms with Crippen molar-refractivity contribution in [2.24, 2.45) is 0 Å². The van der Waals surface area contributed by atoms with Crippen molar-refractivity contribution in [3.8, 4) is 0 Å². The lowest BCUT2D eigenvalue weighted by Crippen LogP contribution is -2.43. The molecule has 0 spiro atoms. The van der Waals surface area contributed by atoms with Gasteiger partial charge in [0.2, 0.25) is 17.7 Å². The average molecular weight is 1230 g/mol. The normalized spacial score (nSPS) is 18.4. The Labute approximate surface area is 497 Å². The van der Waals surface area contributed by atoms with Gasteiger partial charge in [0.1, 0.15) is 34.9 Å². The van der Waals surface area contributed by atoms with Crippen LogP contribution in [0.25, 0.3) is 11.1 Å². The standard InChI is InChI=1S/C28H27Cl2N3O4S2.C23H24Cl2N2O2.C5H5NO3S2/c1-31(27(36)37-15-17-10-21(29)13-22(30)11-17)24-5-4-19-2-3-20(12-23(19)24)18-6-8-32(9-7-18)25(34)14-33-26(35)16-39-28(33)38;1-27(23(28)29-14-15-10-19(24)13-20(25)11-15)22-5-4-17-2-3-18(12-21(17)22)16-6-8-26-9-7-16;7-3-2-11-5(10)6(3)1-4(8)9/h2-3,6,10-13,24H,4-5,7-9,14-16H2,1H3;2-3,6,10-13,22,26H,4-5,7-9,14H2,1H3;1-2H2,(H,8,9). The Morgan fingerprint density at radius 1 is 0.658 bits per heavy atom. The topological polar surface area (TPSA) is 169 Å². The minimum Gasteiger partial charge on any atom is -0.480 e. The van der Waals surface area contributed by atoms with E-state index in [0.29, 0.717) is 54.0 Å². The van der Waals surface area contributed by atoms with Gasteiger partial charge in [-0.15, -0.1) is 0 Å². The van der Waals surface area contributed by atoms with Crippen LogP contribution in [0.5, 0.6) is 0 Å². The maximum absolute atomic E-state index is 12.9. The molecule has 2 fully saturated rings. The Kier molecular flexibility index (Phi) is 20.8. The molecule has 4 aliphatic heterocycles. The molecule has 23 heteroatoms. The van der Waals surface area contributed by atoms with Gasteiger partial charge in [0.15, 0.2) is 0 Å². The number of aryl methyl sites for hydroxylation is 2. The molecule has 4 heterocycles. The van der Waals surface area contributed by atoms with Crippen molar-refractivity contribution >= 4 is 150 Å². The average Bonchev–Trinajstić information content (AvgIpc) is 4.40. The molecule has 10 rings (SSSR count). The van der Waals surface area contributed by atoms with Gasteiger partial charge in [-0.05, 0) is 149 Å². The second kappa shape index (κ2) is 27.5. The van der Waals surface area contributed by atoms with Crippen LogP contribution in [0.4, 0.5) is 9.59 Å². The largest absolute Gasteiger partial charge is 0.480 e. The van der Waals surface area contributed by atoms with Crippen molar-refractivity contribution < 1.29 is 43.3 Å². The van der Waals surface area contributed by atoms with Gasteiger partial charge in [0.05, 0.1) is 23.6 Å². The van der Waals surface area contributed by atoms with Crippen molar-refractivity contribution in [3.63, 3.8) is 0 Å². The van der Waals surface area contributed by atoms with Gasteiger partial charge >= 0.3 is 18.2 Å². The maximum atomic E-state index is 12.9. The van der Waals surface area contributed by atoms with Crippen LogP contribution in [0.2, 0.25) is 20.1 Å². The van der Waals surface area contributed by atoms with E-state index in [0.717, 1.165) is 72.3 Å². The number of rotatable bonds is 12. The number of carbonyl (C=O) groups is 6. The van der Waals surface area contributed by atoms with Crippen LogP contribution < -0.4 is 5.32 Å². The zero-order valence-electron chi connectivity index (χ0n) is 43.1. The van der Waals surface area contributed by atoms with Gasteiger partial charge in [0, 0.05) is 53.8 Å². The van der Waals surface area contributed by atoms with Crippen LogP contribution in [0, 0.1) is 0 Å². The molecule has 0 aromatic heterocycles. The van der Waals surface area contributed by atoms with Crippen LogP contribution in [-0.2, 0) is 54.7 Å². The smallest absolute Gasteiger partial charge is 0.410 e. The molecule has 2 aliphatic carbocycles. The van der Waals surface area contributed by atoms with Crippen molar-refractivity contribution in [2.45, 2.75) is 63.8 Å². The van der Waals surface area contributed by atoms with E-state index in [1.54, 1.807) is 58.1 Å². The summed E-state index contributed by atoms with van der Waals surface area (Å²) >= 11 is 36.6. The van der Waals surface area contributed by atoms with Gasteiger partial charge in [0.25, 0.3) is 0 Å². The Morgan fingerprint density at radius 3 is 1.53 bits per heavy atom. The maximum Gasteiger partial charge on any atom is 0.410 e. The number of fused-ring (bicyclic) bond motifs is 2. The first kappa shape index (κ1) is 59.9. The molecule has 2 saturated heterocycles. The van der Waals surface area contributed by atoms with E-state index in [4.69, 9.17) is 85.4 Å². The number of carboxylic acids is 1. The Morgan fingerprint density at radius 2 is 1.13 bits per heavy atom. The fourth-order valence-electron chi connectivity index (χ4n) is 9.98. The molecule has 6 aliphatic rings. The number of benzene rings is 4. The van der Waals surface area contributed by atoms with Crippen molar-refractivity contribution in [2.75, 3.05) is 64.9 Å². The highest BCUT2D eigenvalue weighted by atomic mass is 35.5. The monoisotopic (exact) mass is 1220 g/mol. The van der Waals surface area contributed by atoms with Crippen molar-refractivity contribution in [3.05, 3.63) is 150 Å². The molecule has 4 aromatic rings. The number of amides is 5. The van der Waals surface area contributed by atoms with E-state index in [1.165, 1.54) is 61.8 Å². The molecule has 2 atom stereocenters. The number of aliphatic carboxylic acids is 1. The third-order valence-corrected chi connectivity index (χ3v) is 17.8. The molecule has 0 saturated carbocycles. The highest BCUT2D eigenvalue weighted by Gasteiger charge is 2.34. The van der Waals surface area contributed by atoms with Crippen molar-refractivity contribution in [1.29, 1.82) is 0 Å². The SMILES string of the molecule is CN(C(=O)OCc1cc(Cl)cc(Cl)c1)C1CCc2ccc(C3=CCN(C(=O)CN4C(=O)CSC4=S)CC3)cc21.CN(C(=O)OCc1cc(Cl)cc(Cl)c1)C1CCc2ccc(C3=CCNCC3)cc21.O=C(O)CN1C(=O)CSC1=S. The first-order chi connectivity index (χ1) is 37.8. The molecule has 5 amide bonds. The predicted molar refractivity (Wildman–Crippen MR) is 320 cm³/mol. The Balaban J connectivity index is 0.000000179. The number of carbonyl (C=O) groups excluding carboxylic acids is 5. The number of thiocarbonyl (C=S) groups is 2. The van der Waals surface area contributed by atoms with Gasteiger partial charge in [-0.25, -0.2) is 9.59 Å². The highest BCUT2D eigenvalue weighted by Crippen LogP contribution is 2.40. The van der Waals surface area contributed by atoms with Crippen LogP contribution in [-0.4, -0.2) is 139 Å². The molecular weight excluding hydrogens is 1170 g/mol. The van der Waals surface area contributed by atoms with Crippen LogP contribution in [0.3, 0.4) is 0 Å². The van der Waals surface area contributed by atoms with E-state index in [9.17, 15) is 28.8 Å². The molecular formula is C56H56Cl4N6O9S4. The number of thioether (sulfide) groups is 2. The molecule has 0 bridgehead atoms. The van der Waals surface area contributed by atoms with E-state index >= 15 is 0 Å². The zero-order chi connectivity index (χ0) is 56.5. The number of halogens is 4. The second-order valence-electron chi connectivity index (χ2n) is 19.3. The van der Waals surface area contributed by atoms with E-state index < -0.39 is 12.1 Å². The molecule has 2 N–H and O–H groups in total. The summed E-state index contributed by atoms with van der Waals surface area (Å²) in [5, 5.41) is 13.7. The van der Waals surface area contributed by atoms with Gasteiger partial charge < -0.3 is 34.6 Å². The van der Waals surface area contributed by atoms with Gasteiger partial charge in [-0.2, -0.15) is 0 Å². The highest BCUT2D eigenvalue weighted by molar-refractivity contribution is 8.24. The number of nitrogens with zero attached hydrogens (tertiary/aromatic N) is 5. The number of carboxylic acid groups (broad SMARTS) is 1. The summed E-state index contributed by atoms with van der Waals surface area (Å²) in [7, 11) is 3.57. The third kappa shape index (κ3) is 15.6. The quantitative estimate of drug-likeness (QED) is 0.129. The van der Waals surface area contributed by atoms with Gasteiger partial charge in [-0.3, -0.25) is 29.0 Å². The van der Waals surface area contributed by atoms with Crippen LogP contribution in [0.15, 0.2) is 84.9 Å². The summed E-state index contributed by atoms with van der Waals surface area (Å²) in [6.07, 6.45) is 8.91. The first-order valence-electron chi connectivity index (χ1n) is 25.3. The molecule has 4 aromatic carbocycles. The fraction of sp³-hybridized carbons (Fsp3) is 0.357. The molecule has 79 heavy (non-hydrogen) atoms. The van der Waals surface area contributed by atoms with Gasteiger partial charge in [-0.1, -0.05) is 131 Å². The summed E-state index contributed by atoms with van der Waals surface area (Å²) in [5.74, 6) is -0.893. The zero-order valence-corrected chi connectivity index (χ0v) is 49.4. The predicted octanol–water partition coefficient (Wildman–Crippen LogP) is 11.3. The Hall–Kier alpha value is -5.22. The van der Waals surface area contributed by atoms with E-state index in [1.807, 2.05) is 7.05 Å². The minimum absolute atomic E-state index is 0.00114. The summed E-state index contributed by atoms with van der Waals surface area (Å²) < 4.78 is 11.9. The first-order valence-corrected chi connectivity index (χ1v) is 29.6. The summed E-state index contributed by atoms with van der Waals surface area (Å²) in [5.41, 5.74) is 11.3. The van der Waals surface area contributed by atoms with Crippen LogP contribution >= 0.6 is 94.4 Å². The summed E-state index contributed by atoms with van der Waals surface area (Å²) in [6.45, 7) is 2.89.